The third-order valence-electron chi connectivity index (χ3n) is 9.80. The molecule has 4 rings (SSSR count). The first-order valence-electron chi connectivity index (χ1n) is 11.3. The van der Waals surface area contributed by atoms with E-state index in [1.54, 1.807) is 0 Å². The highest BCUT2D eigenvalue weighted by atomic mass is 16.4. The quantitative estimate of drug-likeness (QED) is 0.684. The van der Waals surface area contributed by atoms with E-state index in [0.717, 1.165) is 38.5 Å². The number of aliphatic carboxylic acids is 1. The topological polar surface area (TPSA) is 77.8 Å². The van der Waals surface area contributed by atoms with Crippen LogP contribution in [-0.4, -0.2) is 33.5 Å². The summed E-state index contributed by atoms with van der Waals surface area (Å²) in [6.45, 7) is 4.90. The van der Waals surface area contributed by atoms with Crippen LogP contribution in [0.15, 0.2) is 0 Å². The van der Waals surface area contributed by atoms with E-state index in [2.05, 4.69) is 13.8 Å². The van der Waals surface area contributed by atoms with Crippen molar-refractivity contribution in [3.05, 3.63) is 0 Å². The number of hydrogen-bond acceptors (Lipinski definition) is 3. The van der Waals surface area contributed by atoms with E-state index in [0.29, 0.717) is 29.6 Å². The summed E-state index contributed by atoms with van der Waals surface area (Å²) in [5, 5.41) is 30.3. The minimum atomic E-state index is -0.681. The summed E-state index contributed by atoms with van der Waals surface area (Å²) in [6.07, 6.45) is 10.3. The van der Waals surface area contributed by atoms with Gasteiger partial charge in [0, 0.05) is 6.42 Å². The van der Waals surface area contributed by atoms with Crippen molar-refractivity contribution in [3.63, 3.8) is 0 Å². The van der Waals surface area contributed by atoms with Gasteiger partial charge in [-0.25, -0.2) is 0 Å². The van der Waals surface area contributed by atoms with Gasteiger partial charge in [-0.05, 0) is 105 Å². The molecule has 9 atom stereocenters. The van der Waals surface area contributed by atoms with Gasteiger partial charge >= 0.3 is 5.97 Å². The summed E-state index contributed by atoms with van der Waals surface area (Å²) in [6, 6.07) is 0. The molecule has 4 aliphatic rings. The van der Waals surface area contributed by atoms with Crippen molar-refractivity contribution in [2.24, 2.45) is 40.4 Å². The van der Waals surface area contributed by atoms with Gasteiger partial charge in [-0.2, -0.15) is 0 Å². The highest BCUT2D eigenvalue weighted by Crippen LogP contribution is 2.67. The molecule has 0 amide bonds. The zero-order valence-corrected chi connectivity index (χ0v) is 17.1. The first kappa shape index (κ1) is 19.7. The largest absolute Gasteiger partial charge is 0.481 e. The highest BCUT2D eigenvalue weighted by Gasteiger charge is 2.62. The molecular formula is C23H38O4. The molecule has 4 aliphatic carbocycles. The van der Waals surface area contributed by atoms with Gasteiger partial charge in [0.2, 0.25) is 0 Å². The Morgan fingerprint density at radius 1 is 0.963 bits per heavy atom. The standard InChI is InChI=1S/C23H38O4/c1-22-11-9-18-21(17(22)7-6-14(22)4-3-5-20(26)27)19(25)13-15-12-16(24)8-10-23(15,18)2/h14-19,21,24-25H,3-13H2,1-2H3,(H,26,27)/t14-,15-,16+,17-,18-,19+,21-,22+,23-/m0/s1. The summed E-state index contributed by atoms with van der Waals surface area (Å²) < 4.78 is 0. The zero-order chi connectivity index (χ0) is 19.4. The predicted octanol–water partition coefficient (Wildman–Crippen LogP) is 4.23. The molecule has 154 valence electrons. The molecule has 4 nitrogen and oxygen atoms in total. The van der Waals surface area contributed by atoms with Gasteiger partial charge in [-0.15, -0.1) is 0 Å². The number of fused-ring (bicyclic) bond motifs is 5. The molecular weight excluding hydrogens is 340 g/mol. The number of aliphatic hydroxyl groups is 2. The highest BCUT2D eigenvalue weighted by molar-refractivity contribution is 5.66. The fourth-order valence-electron chi connectivity index (χ4n) is 8.28. The maximum Gasteiger partial charge on any atom is 0.303 e. The third kappa shape index (κ3) is 3.15. The average Bonchev–Trinajstić information content (AvgIpc) is 2.93. The Morgan fingerprint density at radius 3 is 2.41 bits per heavy atom. The molecule has 4 fully saturated rings. The lowest BCUT2D eigenvalue weighted by Crippen LogP contribution is -2.58. The molecule has 4 heteroatoms. The molecule has 4 saturated carbocycles. The molecule has 0 aliphatic heterocycles. The monoisotopic (exact) mass is 378 g/mol. The smallest absolute Gasteiger partial charge is 0.303 e. The second kappa shape index (κ2) is 7.02. The summed E-state index contributed by atoms with van der Waals surface area (Å²) in [4.78, 5) is 10.9. The van der Waals surface area contributed by atoms with Crippen molar-refractivity contribution in [1.82, 2.24) is 0 Å². The second-order valence-electron chi connectivity index (χ2n) is 10.8. The molecule has 0 saturated heterocycles. The van der Waals surface area contributed by atoms with Crippen LogP contribution in [-0.2, 0) is 4.79 Å². The van der Waals surface area contributed by atoms with Crippen molar-refractivity contribution >= 4 is 5.97 Å². The van der Waals surface area contributed by atoms with Crippen LogP contribution in [0.2, 0.25) is 0 Å². The van der Waals surface area contributed by atoms with Gasteiger partial charge in [0.25, 0.3) is 0 Å². The van der Waals surface area contributed by atoms with Crippen molar-refractivity contribution < 1.29 is 20.1 Å². The molecule has 0 bridgehead atoms. The van der Waals surface area contributed by atoms with Crippen molar-refractivity contribution in [2.75, 3.05) is 0 Å². The molecule has 0 aromatic rings. The fraction of sp³-hybridized carbons (Fsp3) is 0.957. The number of rotatable bonds is 4. The number of carboxylic acid groups (broad SMARTS) is 1. The molecule has 0 radical (unpaired) electrons. The van der Waals surface area contributed by atoms with Crippen molar-refractivity contribution in [2.45, 2.75) is 96.7 Å². The number of aliphatic hydroxyl groups excluding tert-OH is 2. The van der Waals surface area contributed by atoms with E-state index in [-0.39, 0.29) is 29.5 Å². The van der Waals surface area contributed by atoms with Crippen LogP contribution in [0.3, 0.4) is 0 Å². The molecule has 27 heavy (non-hydrogen) atoms. The molecule has 0 spiro atoms. The Kier molecular flexibility index (Phi) is 5.12. The Labute approximate surface area is 163 Å². The van der Waals surface area contributed by atoms with Gasteiger partial charge in [0.05, 0.1) is 12.2 Å². The first-order valence-corrected chi connectivity index (χ1v) is 11.3. The number of carbonyl (C=O) groups is 1. The van der Waals surface area contributed by atoms with E-state index in [1.165, 1.54) is 25.7 Å². The van der Waals surface area contributed by atoms with E-state index >= 15 is 0 Å². The molecule has 0 heterocycles. The van der Waals surface area contributed by atoms with E-state index in [4.69, 9.17) is 5.11 Å². The van der Waals surface area contributed by atoms with Crippen molar-refractivity contribution in [3.8, 4) is 0 Å². The maximum absolute atomic E-state index is 11.2. The van der Waals surface area contributed by atoms with Crippen LogP contribution in [0.4, 0.5) is 0 Å². The first-order chi connectivity index (χ1) is 12.8. The van der Waals surface area contributed by atoms with Crippen LogP contribution >= 0.6 is 0 Å². The Morgan fingerprint density at radius 2 is 1.67 bits per heavy atom. The second-order valence-corrected chi connectivity index (χ2v) is 10.8. The molecule has 3 N–H and O–H groups in total. The molecule has 0 aromatic heterocycles. The number of hydrogen-bond donors (Lipinski definition) is 3. The van der Waals surface area contributed by atoms with Gasteiger partial charge in [0.15, 0.2) is 0 Å². The zero-order valence-electron chi connectivity index (χ0n) is 17.1. The Balaban J connectivity index is 1.53. The third-order valence-corrected chi connectivity index (χ3v) is 9.80. The summed E-state index contributed by atoms with van der Waals surface area (Å²) >= 11 is 0. The Hall–Kier alpha value is -0.610. The minimum absolute atomic E-state index is 0.175. The van der Waals surface area contributed by atoms with Crippen molar-refractivity contribution in [1.29, 1.82) is 0 Å². The van der Waals surface area contributed by atoms with E-state index < -0.39 is 5.97 Å². The van der Waals surface area contributed by atoms with E-state index in [1.807, 2.05) is 0 Å². The van der Waals surface area contributed by atoms with Crippen LogP contribution in [0, 0.1) is 40.4 Å². The van der Waals surface area contributed by atoms with Crippen LogP contribution < -0.4 is 0 Å². The van der Waals surface area contributed by atoms with E-state index in [9.17, 15) is 15.0 Å². The number of carboxylic acids is 1. The molecule has 0 aromatic carbocycles. The summed E-state index contributed by atoms with van der Waals surface area (Å²) in [5.41, 5.74) is 0.559. The SMILES string of the molecule is C[C@]12CC[C@@H](O)C[C@H]1C[C@@H](O)[C@@H]1[C@@H]2CC[C@]2(C)[C@@H](CCCC(=O)O)CC[C@@H]12. The lowest BCUT2D eigenvalue weighted by atomic mass is 9.44. The normalized spacial score (nSPS) is 51.9. The van der Waals surface area contributed by atoms with Crippen LogP contribution in [0.25, 0.3) is 0 Å². The van der Waals surface area contributed by atoms with Crippen LogP contribution in [0.1, 0.15) is 84.5 Å². The van der Waals surface area contributed by atoms with Gasteiger partial charge in [-0.3, -0.25) is 4.79 Å². The van der Waals surface area contributed by atoms with Gasteiger partial charge in [0.1, 0.15) is 0 Å². The summed E-state index contributed by atoms with van der Waals surface area (Å²) in [5.74, 6) is 1.99. The van der Waals surface area contributed by atoms with Gasteiger partial charge in [-0.1, -0.05) is 13.8 Å². The lowest BCUT2D eigenvalue weighted by molar-refractivity contribution is -0.172. The van der Waals surface area contributed by atoms with Crippen LogP contribution in [0.5, 0.6) is 0 Å². The predicted molar refractivity (Wildman–Crippen MR) is 104 cm³/mol. The maximum atomic E-state index is 11.2. The minimum Gasteiger partial charge on any atom is -0.481 e. The lowest BCUT2D eigenvalue weighted by Gasteiger charge is -2.62. The van der Waals surface area contributed by atoms with Gasteiger partial charge < -0.3 is 15.3 Å². The molecule has 0 unspecified atom stereocenters. The fourth-order valence-corrected chi connectivity index (χ4v) is 8.28. The Bertz CT molecular complexity index is 577. The summed E-state index contributed by atoms with van der Waals surface area (Å²) in [7, 11) is 0. The average molecular weight is 379 g/mol.